The zero-order valence-electron chi connectivity index (χ0n) is 25.3. The van der Waals surface area contributed by atoms with Crippen LogP contribution >= 0.6 is 0 Å². The van der Waals surface area contributed by atoms with E-state index in [1.165, 1.54) is 6.92 Å². The largest absolute Gasteiger partial charge is 0.512 e. The third kappa shape index (κ3) is 4.31. The molecule has 8 atom stereocenters. The molecule has 0 aromatic heterocycles. The van der Waals surface area contributed by atoms with Gasteiger partial charge in [-0.15, -0.1) is 0 Å². The summed E-state index contributed by atoms with van der Waals surface area (Å²) in [5, 5.41) is 33.2. The van der Waals surface area contributed by atoms with Crippen LogP contribution in [0.15, 0.2) is 35.1 Å². The molecular formula is C33H50O6. The minimum Gasteiger partial charge on any atom is -0.512 e. The SMILES string of the molecule is C=C(CCC(C(=O)O)[C@H]1C[C@H](OC(C)=O)[C@@]2(C)C3=C(O)C[C@H]4C(C)(C)[C@@H](O)CC[C@]4(C)C3=CC[C@]12C)C(C)C. The lowest BCUT2D eigenvalue weighted by molar-refractivity contribution is -0.153. The highest BCUT2D eigenvalue weighted by Gasteiger charge is 2.69. The van der Waals surface area contributed by atoms with Crippen LogP contribution in [-0.2, 0) is 14.3 Å². The lowest BCUT2D eigenvalue weighted by Crippen LogP contribution is -2.57. The van der Waals surface area contributed by atoms with Gasteiger partial charge >= 0.3 is 11.9 Å². The van der Waals surface area contributed by atoms with E-state index in [1.54, 1.807) is 0 Å². The molecule has 0 amide bonds. The number of carbonyl (C=O) groups is 2. The van der Waals surface area contributed by atoms with Crippen molar-refractivity contribution in [2.75, 3.05) is 0 Å². The Morgan fingerprint density at radius 2 is 1.82 bits per heavy atom. The maximum atomic E-state index is 12.8. The van der Waals surface area contributed by atoms with Crippen molar-refractivity contribution in [1.29, 1.82) is 0 Å². The number of fused-ring (bicyclic) bond motifs is 5. The molecule has 0 bridgehead atoms. The van der Waals surface area contributed by atoms with Gasteiger partial charge in [0.25, 0.3) is 0 Å². The number of aliphatic hydroxyl groups excluding tert-OH is 2. The zero-order valence-corrected chi connectivity index (χ0v) is 25.3. The van der Waals surface area contributed by atoms with E-state index in [-0.39, 0.29) is 34.6 Å². The highest BCUT2D eigenvalue weighted by atomic mass is 16.5. The smallest absolute Gasteiger partial charge is 0.306 e. The minimum atomic E-state index is -0.824. The number of ether oxygens (including phenoxy) is 1. The Morgan fingerprint density at radius 3 is 2.38 bits per heavy atom. The lowest BCUT2D eigenvalue weighted by atomic mass is 9.43. The average Bonchev–Trinajstić information content (AvgIpc) is 3.05. The molecule has 3 N–H and O–H groups in total. The van der Waals surface area contributed by atoms with Crippen molar-refractivity contribution in [1.82, 2.24) is 0 Å². The van der Waals surface area contributed by atoms with Crippen LogP contribution in [-0.4, -0.2) is 39.5 Å². The van der Waals surface area contributed by atoms with Crippen LogP contribution in [0.4, 0.5) is 0 Å². The number of rotatable bonds is 7. The van der Waals surface area contributed by atoms with Crippen molar-refractivity contribution in [2.45, 2.75) is 113 Å². The zero-order chi connectivity index (χ0) is 29.3. The third-order valence-electron chi connectivity index (χ3n) is 12.1. The highest BCUT2D eigenvalue weighted by molar-refractivity contribution is 5.71. The Bertz CT molecular complexity index is 1110. The molecule has 1 unspecified atom stereocenters. The second kappa shape index (κ2) is 9.78. The number of aliphatic carboxylic acids is 1. The Balaban J connectivity index is 1.85. The fourth-order valence-corrected chi connectivity index (χ4v) is 9.20. The first-order valence-corrected chi connectivity index (χ1v) is 14.8. The molecule has 6 nitrogen and oxygen atoms in total. The summed E-state index contributed by atoms with van der Waals surface area (Å²) in [5.74, 6) is -1.41. The van der Waals surface area contributed by atoms with E-state index in [0.29, 0.717) is 44.3 Å². The summed E-state index contributed by atoms with van der Waals surface area (Å²) < 4.78 is 6.04. The topological polar surface area (TPSA) is 104 Å². The summed E-state index contributed by atoms with van der Waals surface area (Å²) >= 11 is 0. The molecule has 0 saturated heterocycles. The van der Waals surface area contributed by atoms with Gasteiger partial charge in [-0.25, -0.2) is 0 Å². The number of carboxylic acid groups (broad SMARTS) is 1. The number of carboxylic acids is 1. The minimum absolute atomic E-state index is 0.0647. The molecule has 0 heterocycles. The lowest BCUT2D eigenvalue weighted by Gasteiger charge is -2.61. The van der Waals surface area contributed by atoms with Gasteiger partial charge in [-0.05, 0) is 78.1 Å². The second-order valence-electron chi connectivity index (χ2n) is 14.6. The number of aliphatic hydroxyl groups is 2. The van der Waals surface area contributed by atoms with Gasteiger partial charge in [-0.1, -0.05) is 66.7 Å². The molecule has 4 aliphatic rings. The van der Waals surface area contributed by atoms with Crippen molar-refractivity contribution in [3.8, 4) is 0 Å². The Kier molecular flexibility index (Phi) is 7.50. The van der Waals surface area contributed by atoms with Crippen molar-refractivity contribution in [2.24, 2.45) is 45.3 Å². The van der Waals surface area contributed by atoms with Crippen molar-refractivity contribution in [3.05, 3.63) is 35.1 Å². The van der Waals surface area contributed by atoms with E-state index >= 15 is 0 Å². The van der Waals surface area contributed by atoms with E-state index in [1.807, 2.05) is 0 Å². The van der Waals surface area contributed by atoms with E-state index in [0.717, 1.165) is 23.1 Å². The molecule has 0 aromatic carbocycles. The molecule has 2 saturated carbocycles. The quantitative estimate of drug-likeness (QED) is 0.236. The molecule has 39 heavy (non-hydrogen) atoms. The van der Waals surface area contributed by atoms with Gasteiger partial charge in [-0.3, -0.25) is 9.59 Å². The van der Waals surface area contributed by atoms with Gasteiger partial charge in [-0.2, -0.15) is 0 Å². The van der Waals surface area contributed by atoms with Crippen LogP contribution in [0.25, 0.3) is 0 Å². The van der Waals surface area contributed by atoms with Crippen LogP contribution < -0.4 is 0 Å². The molecule has 0 spiro atoms. The summed E-state index contributed by atoms with van der Waals surface area (Å²) in [6.07, 6.45) is 5.46. The first-order chi connectivity index (χ1) is 17.9. The summed E-state index contributed by atoms with van der Waals surface area (Å²) in [4.78, 5) is 25.2. The van der Waals surface area contributed by atoms with E-state index < -0.39 is 34.9 Å². The Hall–Kier alpha value is -2.08. The van der Waals surface area contributed by atoms with Gasteiger partial charge in [0.1, 0.15) is 6.10 Å². The van der Waals surface area contributed by atoms with Crippen molar-refractivity contribution in [3.63, 3.8) is 0 Å². The fraction of sp³-hybridized carbons (Fsp3) is 0.758. The molecule has 0 aliphatic heterocycles. The summed E-state index contributed by atoms with van der Waals surface area (Å²) in [7, 11) is 0. The molecule has 218 valence electrons. The normalized spacial score (nSPS) is 39.8. The van der Waals surface area contributed by atoms with Crippen molar-refractivity contribution < 1.29 is 29.6 Å². The summed E-state index contributed by atoms with van der Waals surface area (Å²) in [6, 6.07) is 0. The van der Waals surface area contributed by atoms with Crippen LogP contribution in [0.2, 0.25) is 0 Å². The van der Waals surface area contributed by atoms with Crippen LogP contribution in [0.1, 0.15) is 100 Å². The molecular weight excluding hydrogens is 492 g/mol. The molecule has 6 heteroatoms. The molecule has 0 aromatic rings. The number of esters is 1. The Morgan fingerprint density at radius 1 is 1.18 bits per heavy atom. The third-order valence-corrected chi connectivity index (χ3v) is 12.1. The monoisotopic (exact) mass is 542 g/mol. The number of carbonyl (C=O) groups excluding carboxylic acids is 1. The van der Waals surface area contributed by atoms with Gasteiger partial charge in [0.2, 0.25) is 0 Å². The van der Waals surface area contributed by atoms with Gasteiger partial charge < -0.3 is 20.1 Å². The number of allylic oxidation sites excluding steroid dienone is 4. The Labute approximate surface area is 234 Å². The maximum absolute atomic E-state index is 12.8. The van der Waals surface area contributed by atoms with Gasteiger partial charge in [0.15, 0.2) is 0 Å². The van der Waals surface area contributed by atoms with E-state index in [4.69, 9.17) is 4.74 Å². The molecule has 4 aliphatic carbocycles. The fourth-order valence-electron chi connectivity index (χ4n) is 9.20. The number of hydrogen-bond acceptors (Lipinski definition) is 5. The predicted octanol–water partition coefficient (Wildman–Crippen LogP) is 6.99. The van der Waals surface area contributed by atoms with Crippen LogP contribution in [0.3, 0.4) is 0 Å². The van der Waals surface area contributed by atoms with E-state index in [2.05, 4.69) is 61.1 Å². The average molecular weight is 543 g/mol. The predicted molar refractivity (Wildman–Crippen MR) is 152 cm³/mol. The standard InChI is InChI=1S/C33H50O6/c1-18(2)19(3)10-11-21(29(37)38)23-16-27(39-20(4)34)33(9)28-22(12-15-32(23,33)8)31(7)14-13-26(36)30(5,6)25(31)17-24(28)35/h12,18,21,23,25-27,35-36H,3,10-11,13-17H2,1-2,4-9H3,(H,37,38)/t21?,23-,25+,26+,27+,31-,32-,33+/m1/s1. The summed E-state index contributed by atoms with van der Waals surface area (Å²) in [5.41, 5.74) is 1.12. The maximum Gasteiger partial charge on any atom is 0.306 e. The second-order valence-corrected chi connectivity index (χ2v) is 14.6. The van der Waals surface area contributed by atoms with Gasteiger partial charge in [0.05, 0.1) is 17.8 Å². The van der Waals surface area contributed by atoms with E-state index in [9.17, 15) is 24.9 Å². The summed E-state index contributed by atoms with van der Waals surface area (Å²) in [6.45, 7) is 20.4. The van der Waals surface area contributed by atoms with Crippen LogP contribution in [0, 0.1) is 45.3 Å². The highest BCUT2D eigenvalue weighted by Crippen LogP contribution is 2.73. The van der Waals surface area contributed by atoms with Crippen molar-refractivity contribution >= 4 is 11.9 Å². The first-order valence-electron chi connectivity index (χ1n) is 14.8. The number of hydrogen-bond donors (Lipinski definition) is 3. The first kappa shape index (κ1) is 29.9. The van der Waals surface area contributed by atoms with Crippen LogP contribution in [0.5, 0.6) is 0 Å². The van der Waals surface area contributed by atoms with Gasteiger partial charge in [0, 0.05) is 24.3 Å². The molecule has 2 fully saturated rings. The molecule has 0 radical (unpaired) electrons. The molecule has 4 rings (SSSR count).